The van der Waals surface area contributed by atoms with Crippen LogP contribution in [0.5, 0.6) is 0 Å². The number of fused-ring (bicyclic) bond motifs is 1. The molecule has 0 amide bonds. The zero-order valence-corrected chi connectivity index (χ0v) is 13.9. The summed E-state index contributed by atoms with van der Waals surface area (Å²) in [5, 5.41) is 5.86. The van der Waals surface area contributed by atoms with E-state index in [0.29, 0.717) is 6.54 Å². The summed E-state index contributed by atoms with van der Waals surface area (Å²) < 4.78 is 1.50. The van der Waals surface area contributed by atoms with Gasteiger partial charge in [0.25, 0.3) is 5.56 Å². The van der Waals surface area contributed by atoms with E-state index in [1.54, 1.807) is 6.20 Å². The van der Waals surface area contributed by atoms with E-state index >= 15 is 0 Å². The standard InChI is InChI=1S/C20H21N3O/c1-2-23-20(24)19-9-8-16(12-17(19)14-21-23)15-6-5-7-18(13-15)22-10-3-4-11-22/h5-9,12-14H,2-4,10-11H2,1H3. The van der Waals surface area contributed by atoms with Crippen LogP contribution in [0.4, 0.5) is 5.69 Å². The normalized spacial score (nSPS) is 14.5. The minimum absolute atomic E-state index is 0.0210. The first-order chi connectivity index (χ1) is 11.8. The highest BCUT2D eigenvalue weighted by Crippen LogP contribution is 2.28. The molecule has 0 N–H and O–H groups in total. The second-order valence-electron chi connectivity index (χ2n) is 6.31. The average molecular weight is 319 g/mol. The van der Waals surface area contributed by atoms with Gasteiger partial charge in [0.15, 0.2) is 0 Å². The second-order valence-corrected chi connectivity index (χ2v) is 6.31. The van der Waals surface area contributed by atoms with Gasteiger partial charge in [-0.3, -0.25) is 4.79 Å². The fourth-order valence-electron chi connectivity index (χ4n) is 3.45. The molecule has 4 heteroatoms. The summed E-state index contributed by atoms with van der Waals surface area (Å²) in [7, 11) is 0. The van der Waals surface area contributed by atoms with E-state index < -0.39 is 0 Å². The van der Waals surface area contributed by atoms with Gasteiger partial charge in [-0.2, -0.15) is 5.10 Å². The third-order valence-corrected chi connectivity index (χ3v) is 4.80. The molecule has 24 heavy (non-hydrogen) atoms. The molecule has 0 spiro atoms. The predicted octanol–water partition coefficient (Wildman–Crippen LogP) is 3.68. The Morgan fingerprint density at radius 3 is 2.62 bits per heavy atom. The minimum Gasteiger partial charge on any atom is -0.372 e. The lowest BCUT2D eigenvalue weighted by molar-refractivity contribution is 0.623. The maximum atomic E-state index is 12.3. The molecule has 2 aromatic carbocycles. The van der Waals surface area contributed by atoms with Crippen molar-refractivity contribution in [1.82, 2.24) is 9.78 Å². The zero-order valence-electron chi connectivity index (χ0n) is 13.9. The highest BCUT2D eigenvalue weighted by atomic mass is 16.1. The lowest BCUT2D eigenvalue weighted by Crippen LogP contribution is -2.21. The monoisotopic (exact) mass is 319 g/mol. The fraction of sp³-hybridized carbons (Fsp3) is 0.300. The molecule has 122 valence electrons. The van der Waals surface area contributed by atoms with Gasteiger partial charge < -0.3 is 4.90 Å². The largest absolute Gasteiger partial charge is 0.372 e. The molecule has 1 fully saturated rings. The SMILES string of the molecule is CCn1ncc2cc(-c3cccc(N4CCCC4)c3)ccc2c1=O. The Kier molecular flexibility index (Phi) is 3.81. The molecule has 1 aromatic heterocycles. The molecule has 3 aromatic rings. The van der Waals surface area contributed by atoms with Crippen molar-refractivity contribution in [2.24, 2.45) is 0 Å². The van der Waals surface area contributed by atoms with Gasteiger partial charge in [0.2, 0.25) is 0 Å². The van der Waals surface area contributed by atoms with Crippen molar-refractivity contribution < 1.29 is 0 Å². The molecule has 1 aliphatic heterocycles. The second kappa shape index (κ2) is 6.11. The third kappa shape index (κ3) is 2.58. The Morgan fingerprint density at radius 2 is 1.83 bits per heavy atom. The first kappa shape index (κ1) is 14.9. The number of benzene rings is 2. The van der Waals surface area contributed by atoms with Crippen molar-refractivity contribution in [3.8, 4) is 11.1 Å². The molecule has 4 nitrogen and oxygen atoms in total. The first-order valence-electron chi connectivity index (χ1n) is 8.61. The Labute approximate surface area is 141 Å². The Morgan fingerprint density at radius 1 is 1.04 bits per heavy atom. The molecule has 1 saturated heterocycles. The number of hydrogen-bond acceptors (Lipinski definition) is 3. The Balaban J connectivity index is 1.76. The lowest BCUT2D eigenvalue weighted by atomic mass is 10.0. The van der Waals surface area contributed by atoms with E-state index in [1.807, 2.05) is 19.1 Å². The van der Waals surface area contributed by atoms with Crippen LogP contribution in [-0.4, -0.2) is 22.9 Å². The van der Waals surface area contributed by atoms with Gasteiger partial charge in [-0.1, -0.05) is 18.2 Å². The molecular weight excluding hydrogens is 298 g/mol. The number of hydrogen-bond donors (Lipinski definition) is 0. The van der Waals surface area contributed by atoms with Crippen LogP contribution in [0.1, 0.15) is 19.8 Å². The van der Waals surface area contributed by atoms with Crippen LogP contribution in [0, 0.1) is 0 Å². The summed E-state index contributed by atoms with van der Waals surface area (Å²) in [5.74, 6) is 0. The van der Waals surface area contributed by atoms with Crippen molar-refractivity contribution in [3.63, 3.8) is 0 Å². The summed E-state index contributed by atoms with van der Waals surface area (Å²) in [6.45, 7) is 4.80. The number of aromatic nitrogens is 2. The summed E-state index contributed by atoms with van der Waals surface area (Å²) in [5.41, 5.74) is 3.57. The van der Waals surface area contributed by atoms with Crippen molar-refractivity contribution in [2.45, 2.75) is 26.3 Å². The van der Waals surface area contributed by atoms with Crippen LogP contribution in [-0.2, 0) is 6.54 Å². The van der Waals surface area contributed by atoms with Crippen LogP contribution in [0.15, 0.2) is 53.5 Å². The average Bonchev–Trinajstić information content (AvgIpc) is 3.17. The zero-order chi connectivity index (χ0) is 16.5. The van der Waals surface area contributed by atoms with Crippen molar-refractivity contribution in [3.05, 3.63) is 59.0 Å². The van der Waals surface area contributed by atoms with Crippen molar-refractivity contribution in [2.75, 3.05) is 18.0 Å². The molecule has 0 aliphatic carbocycles. The van der Waals surface area contributed by atoms with Gasteiger partial charge in [-0.25, -0.2) is 4.68 Å². The van der Waals surface area contributed by atoms with Crippen LogP contribution in [0.2, 0.25) is 0 Å². The summed E-state index contributed by atoms with van der Waals surface area (Å²) in [4.78, 5) is 14.8. The van der Waals surface area contributed by atoms with Crippen LogP contribution < -0.4 is 10.5 Å². The number of aryl methyl sites for hydroxylation is 1. The Bertz CT molecular complexity index is 939. The fourth-order valence-corrected chi connectivity index (χ4v) is 3.45. The van der Waals surface area contributed by atoms with Gasteiger partial charge in [0.05, 0.1) is 11.6 Å². The van der Waals surface area contributed by atoms with E-state index in [1.165, 1.54) is 28.8 Å². The van der Waals surface area contributed by atoms with E-state index in [9.17, 15) is 4.79 Å². The van der Waals surface area contributed by atoms with E-state index in [-0.39, 0.29) is 5.56 Å². The number of anilines is 1. The quantitative estimate of drug-likeness (QED) is 0.739. The van der Waals surface area contributed by atoms with E-state index in [4.69, 9.17) is 0 Å². The topological polar surface area (TPSA) is 38.1 Å². The summed E-state index contributed by atoms with van der Waals surface area (Å²) in [6, 6.07) is 14.7. The molecule has 2 heterocycles. The molecule has 0 atom stereocenters. The highest BCUT2D eigenvalue weighted by molar-refractivity contribution is 5.86. The van der Waals surface area contributed by atoms with Gasteiger partial charge in [0, 0.05) is 30.7 Å². The molecule has 4 rings (SSSR count). The highest BCUT2D eigenvalue weighted by Gasteiger charge is 2.13. The van der Waals surface area contributed by atoms with Gasteiger partial charge in [0.1, 0.15) is 0 Å². The molecule has 0 radical (unpaired) electrons. The van der Waals surface area contributed by atoms with Gasteiger partial charge >= 0.3 is 0 Å². The first-order valence-corrected chi connectivity index (χ1v) is 8.61. The number of rotatable bonds is 3. The summed E-state index contributed by atoms with van der Waals surface area (Å²) >= 11 is 0. The maximum absolute atomic E-state index is 12.3. The molecule has 0 unspecified atom stereocenters. The van der Waals surface area contributed by atoms with E-state index in [0.717, 1.165) is 29.4 Å². The Hall–Kier alpha value is -2.62. The lowest BCUT2D eigenvalue weighted by Gasteiger charge is -2.18. The van der Waals surface area contributed by atoms with Crippen LogP contribution in [0.25, 0.3) is 21.9 Å². The molecule has 0 saturated carbocycles. The molecule has 0 bridgehead atoms. The van der Waals surface area contributed by atoms with Crippen LogP contribution in [0.3, 0.4) is 0 Å². The van der Waals surface area contributed by atoms with Gasteiger partial charge in [-0.05, 0) is 55.2 Å². The van der Waals surface area contributed by atoms with Crippen LogP contribution >= 0.6 is 0 Å². The minimum atomic E-state index is -0.0210. The predicted molar refractivity (Wildman–Crippen MR) is 98.6 cm³/mol. The molecule has 1 aliphatic rings. The number of nitrogens with zero attached hydrogens (tertiary/aromatic N) is 3. The van der Waals surface area contributed by atoms with Gasteiger partial charge in [-0.15, -0.1) is 0 Å². The van der Waals surface area contributed by atoms with E-state index in [2.05, 4.69) is 40.3 Å². The maximum Gasteiger partial charge on any atom is 0.274 e. The van der Waals surface area contributed by atoms with Crippen molar-refractivity contribution in [1.29, 1.82) is 0 Å². The summed E-state index contributed by atoms with van der Waals surface area (Å²) in [6.07, 6.45) is 4.33. The molecular formula is C20H21N3O. The smallest absolute Gasteiger partial charge is 0.274 e. The third-order valence-electron chi connectivity index (χ3n) is 4.80. The van der Waals surface area contributed by atoms with Crippen molar-refractivity contribution >= 4 is 16.5 Å².